The van der Waals surface area contributed by atoms with Crippen LogP contribution in [0.15, 0.2) is 18.2 Å². The number of hydrogen-bond donors (Lipinski definition) is 0. The van der Waals surface area contributed by atoms with Gasteiger partial charge in [-0.3, -0.25) is 4.90 Å². The standard InChI is InChI=1S/C12H14BrClFN/c13-10-3-5-16(6-4-10)8-9-7-11(14)1-2-12(9)15/h1-2,7,10H,3-6,8H2. The van der Waals surface area contributed by atoms with E-state index < -0.39 is 0 Å². The van der Waals surface area contributed by atoms with Crippen molar-refractivity contribution in [1.29, 1.82) is 0 Å². The maximum Gasteiger partial charge on any atom is 0.127 e. The van der Waals surface area contributed by atoms with E-state index in [1.54, 1.807) is 12.1 Å². The summed E-state index contributed by atoms with van der Waals surface area (Å²) in [6, 6.07) is 4.75. The highest BCUT2D eigenvalue weighted by Crippen LogP contribution is 2.21. The van der Waals surface area contributed by atoms with Crippen molar-refractivity contribution >= 4 is 27.5 Å². The van der Waals surface area contributed by atoms with Crippen LogP contribution in [0.1, 0.15) is 18.4 Å². The van der Waals surface area contributed by atoms with Crippen molar-refractivity contribution in [3.63, 3.8) is 0 Å². The minimum absolute atomic E-state index is 0.162. The van der Waals surface area contributed by atoms with Gasteiger partial charge in [0.2, 0.25) is 0 Å². The molecule has 0 amide bonds. The lowest BCUT2D eigenvalue weighted by molar-refractivity contribution is 0.223. The number of rotatable bonds is 2. The number of likely N-dealkylation sites (tertiary alicyclic amines) is 1. The molecule has 0 aliphatic carbocycles. The largest absolute Gasteiger partial charge is 0.299 e. The Kier molecular flexibility index (Phi) is 4.22. The SMILES string of the molecule is Fc1ccc(Cl)cc1CN1CCC(Br)CC1. The zero-order valence-corrected chi connectivity index (χ0v) is 11.3. The van der Waals surface area contributed by atoms with Gasteiger partial charge in [0.1, 0.15) is 5.82 Å². The fraction of sp³-hybridized carbons (Fsp3) is 0.500. The lowest BCUT2D eigenvalue weighted by atomic mass is 10.1. The second kappa shape index (κ2) is 5.48. The van der Waals surface area contributed by atoms with Crippen LogP contribution in [-0.4, -0.2) is 22.8 Å². The van der Waals surface area contributed by atoms with Crippen molar-refractivity contribution in [2.45, 2.75) is 24.2 Å². The summed E-state index contributed by atoms with van der Waals surface area (Å²) in [5.74, 6) is -0.162. The van der Waals surface area contributed by atoms with Crippen LogP contribution in [0.3, 0.4) is 0 Å². The number of alkyl halides is 1. The minimum atomic E-state index is -0.162. The Hall–Kier alpha value is -0.120. The summed E-state index contributed by atoms with van der Waals surface area (Å²) < 4.78 is 13.5. The van der Waals surface area contributed by atoms with Gasteiger partial charge in [-0.05, 0) is 44.1 Å². The third kappa shape index (κ3) is 3.19. The molecular formula is C12H14BrClFN. The van der Waals surface area contributed by atoms with E-state index in [4.69, 9.17) is 11.6 Å². The van der Waals surface area contributed by atoms with Crippen LogP contribution >= 0.6 is 27.5 Å². The summed E-state index contributed by atoms with van der Waals surface area (Å²) in [5, 5.41) is 0.603. The molecule has 1 fully saturated rings. The molecule has 0 radical (unpaired) electrons. The van der Waals surface area contributed by atoms with Gasteiger partial charge in [0.15, 0.2) is 0 Å². The van der Waals surface area contributed by atoms with Crippen molar-refractivity contribution in [2.24, 2.45) is 0 Å². The summed E-state index contributed by atoms with van der Waals surface area (Å²) in [7, 11) is 0. The normalized spacial score (nSPS) is 18.9. The Labute approximate surface area is 109 Å². The van der Waals surface area contributed by atoms with Crippen LogP contribution < -0.4 is 0 Å². The second-order valence-electron chi connectivity index (χ2n) is 4.19. The first kappa shape index (κ1) is 12.3. The van der Waals surface area contributed by atoms with Gasteiger partial charge < -0.3 is 0 Å². The van der Waals surface area contributed by atoms with Crippen LogP contribution in [0.4, 0.5) is 4.39 Å². The molecular weight excluding hydrogens is 292 g/mol. The topological polar surface area (TPSA) is 3.24 Å². The number of nitrogens with zero attached hydrogens (tertiary/aromatic N) is 1. The first-order chi connectivity index (χ1) is 7.65. The average molecular weight is 307 g/mol. The third-order valence-electron chi connectivity index (χ3n) is 2.92. The average Bonchev–Trinajstić information content (AvgIpc) is 2.27. The summed E-state index contributed by atoms with van der Waals surface area (Å²) in [5.41, 5.74) is 0.695. The molecule has 1 aliphatic heterocycles. The lowest BCUT2D eigenvalue weighted by Crippen LogP contribution is -2.33. The summed E-state index contributed by atoms with van der Waals surface area (Å²) in [6.07, 6.45) is 2.25. The van der Waals surface area contributed by atoms with Gasteiger partial charge in [-0.15, -0.1) is 0 Å². The van der Waals surface area contributed by atoms with Crippen molar-refractivity contribution in [3.05, 3.63) is 34.6 Å². The van der Waals surface area contributed by atoms with Gasteiger partial charge in [-0.25, -0.2) is 4.39 Å². The smallest absolute Gasteiger partial charge is 0.127 e. The van der Waals surface area contributed by atoms with Crippen LogP contribution in [-0.2, 0) is 6.54 Å². The Bertz CT molecular complexity index is 364. The Balaban J connectivity index is 2.00. The summed E-state index contributed by atoms with van der Waals surface area (Å²) in [6.45, 7) is 2.69. The van der Waals surface area contributed by atoms with Gasteiger partial charge >= 0.3 is 0 Å². The fourth-order valence-corrected chi connectivity index (χ4v) is 2.57. The van der Waals surface area contributed by atoms with Crippen LogP contribution in [0.25, 0.3) is 0 Å². The minimum Gasteiger partial charge on any atom is -0.299 e. The molecule has 0 bridgehead atoms. The molecule has 1 nitrogen and oxygen atoms in total. The molecule has 0 N–H and O–H groups in total. The quantitative estimate of drug-likeness (QED) is 0.751. The van der Waals surface area contributed by atoms with Crippen molar-refractivity contribution < 1.29 is 4.39 Å². The maximum atomic E-state index is 13.5. The molecule has 88 valence electrons. The zero-order valence-electron chi connectivity index (χ0n) is 8.93. The molecule has 16 heavy (non-hydrogen) atoms. The van der Waals surface area contributed by atoms with Crippen LogP contribution in [0.2, 0.25) is 5.02 Å². The van der Waals surface area contributed by atoms with E-state index >= 15 is 0 Å². The number of piperidine rings is 1. The Morgan fingerprint density at radius 1 is 1.38 bits per heavy atom. The van der Waals surface area contributed by atoms with Crippen molar-refractivity contribution in [1.82, 2.24) is 4.90 Å². The van der Waals surface area contributed by atoms with Crippen LogP contribution in [0, 0.1) is 5.82 Å². The molecule has 0 unspecified atom stereocenters. The van der Waals surface area contributed by atoms with Gasteiger partial charge in [-0.2, -0.15) is 0 Å². The van der Waals surface area contributed by atoms with Gasteiger partial charge in [0, 0.05) is 22.0 Å². The number of hydrogen-bond acceptors (Lipinski definition) is 1. The first-order valence-electron chi connectivity index (χ1n) is 5.45. The molecule has 1 aromatic rings. The van der Waals surface area contributed by atoms with E-state index in [1.165, 1.54) is 6.07 Å². The van der Waals surface area contributed by atoms with Gasteiger partial charge in [0.05, 0.1) is 0 Å². The second-order valence-corrected chi connectivity index (χ2v) is 5.92. The molecule has 4 heteroatoms. The van der Waals surface area contributed by atoms with Crippen molar-refractivity contribution in [3.8, 4) is 0 Å². The molecule has 0 saturated carbocycles. The Morgan fingerprint density at radius 3 is 2.75 bits per heavy atom. The lowest BCUT2D eigenvalue weighted by Gasteiger charge is -2.29. The molecule has 1 saturated heterocycles. The summed E-state index contributed by atoms with van der Waals surface area (Å²) in [4.78, 5) is 2.89. The number of benzene rings is 1. The van der Waals surface area contributed by atoms with E-state index in [-0.39, 0.29) is 5.82 Å². The molecule has 2 rings (SSSR count). The third-order valence-corrected chi connectivity index (χ3v) is 4.07. The van der Waals surface area contributed by atoms with Crippen LogP contribution in [0.5, 0.6) is 0 Å². The van der Waals surface area contributed by atoms with E-state index in [0.717, 1.165) is 25.9 Å². The molecule has 0 aromatic heterocycles. The fourth-order valence-electron chi connectivity index (χ4n) is 1.96. The van der Waals surface area contributed by atoms with E-state index in [9.17, 15) is 4.39 Å². The predicted molar refractivity (Wildman–Crippen MR) is 68.6 cm³/mol. The van der Waals surface area contributed by atoms with E-state index in [2.05, 4.69) is 20.8 Å². The molecule has 1 heterocycles. The molecule has 0 spiro atoms. The van der Waals surface area contributed by atoms with Gasteiger partial charge in [-0.1, -0.05) is 27.5 Å². The highest BCUT2D eigenvalue weighted by molar-refractivity contribution is 9.09. The van der Waals surface area contributed by atoms with Crippen molar-refractivity contribution in [2.75, 3.05) is 13.1 Å². The van der Waals surface area contributed by atoms with E-state index in [1.807, 2.05) is 0 Å². The molecule has 0 atom stereocenters. The predicted octanol–water partition coefficient (Wildman–Crippen LogP) is 3.84. The first-order valence-corrected chi connectivity index (χ1v) is 6.75. The maximum absolute atomic E-state index is 13.5. The number of halogens is 3. The summed E-state index contributed by atoms with van der Waals surface area (Å²) >= 11 is 9.47. The highest BCUT2D eigenvalue weighted by atomic mass is 79.9. The highest BCUT2D eigenvalue weighted by Gasteiger charge is 2.17. The zero-order chi connectivity index (χ0) is 11.5. The van der Waals surface area contributed by atoms with Gasteiger partial charge in [0.25, 0.3) is 0 Å². The molecule has 1 aliphatic rings. The Morgan fingerprint density at radius 2 is 2.06 bits per heavy atom. The monoisotopic (exact) mass is 305 g/mol. The molecule has 1 aromatic carbocycles. The van der Waals surface area contributed by atoms with E-state index in [0.29, 0.717) is 22.0 Å².